The average molecular weight is 303 g/mol. The molecule has 0 aromatic carbocycles. The van der Waals surface area contributed by atoms with Crippen LogP contribution in [-0.2, 0) is 4.74 Å². The quantitative estimate of drug-likeness (QED) is 0.519. The molecule has 2 aromatic heterocycles. The first-order valence-corrected chi connectivity index (χ1v) is 7.59. The number of aromatic amines is 1. The normalized spacial score (nSPS) is 11.0. The fourth-order valence-electron chi connectivity index (χ4n) is 2.13. The molecule has 21 heavy (non-hydrogen) atoms. The number of esters is 1. The third-order valence-corrected chi connectivity index (χ3v) is 3.84. The Balaban J connectivity index is 2.26. The Morgan fingerprint density at radius 3 is 2.76 bits per heavy atom. The fourth-order valence-corrected chi connectivity index (χ4v) is 2.76. The van der Waals surface area contributed by atoms with Gasteiger partial charge in [-0.15, -0.1) is 0 Å². The smallest absolute Gasteiger partial charge is 0.340 e. The summed E-state index contributed by atoms with van der Waals surface area (Å²) in [7, 11) is 0. The minimum absolute atomic E-state index is 0.155. The molecule has 5 heteroatoms. The maximum atomic E-state index is 12.2. The standard InChI is InChI=1S/C16H17NO3S/c1-4-20-16(19)14-10(2)15(17-11(14)3)13(18)6-5-12-7-8-21-9-12/h5-9,17H,4H2,1-3H3. The number of ketones is 1. The molecule has 0 aliphatic rings. The SMILES string of the molecule is CCOC(=O)c1c(C)[nH]c(C(=O)C=Cc2ccsc2)c1C. The summed E-state index contributed by atoms with van der Waals surface area (Å²) in [6.45, 7) is 5.58. The minimum Gasteiger partial charge on any atom is -0.462 e. The van der Waals surface area contributed by atoms with E-state index in [0.717, 1.165) is 5.56 Å². The molecule has 0 unspecified atom stereocenters. The van der Waals surface area contributed by atoms with Crippen LogP contribution < -0.4 is 0 Å². The van der Waals surface area contributed by atoms with Crippen LogP contribution in [0.25, 0.3) is 6.08 Å². The predicted octanol–water partition coefficient (Wildman–Crippen LogP) is 3.77. The lowest BCUT2D eigenvalue weighted by Crippen LogP contribution is -2.07. The summed E-state index contributed by atoms with van der Waals surface area (Å²) in [6.07, 6.45) is 3.27. The molecule has 0 bridgehead atoms. The van der Waals surface area contributed by atoms with Crippen LogP contribution in [0, 0.1) is 13.8 Å². The number of nitrogens with one attached hydrogen (secondary N) is 1. The van der Waals surface area contributed by atoms with Gasteiger partial charge in [-0.05, 0) is 54.8 Å². The molecule has 0 spiro atoms. The average Bonchev–Trinajstić information content (AvgIpc) is 3.04. The Hall–Kier alpha value is -2.14. The lowest BCUT2D eigenvalue weighted by atomic mass is 10.1. The molecule has 0 saturated carbocycles. The third-order valence-electron chi connectivity index (χ3n) is 3.13. The first-order valence-electron chi connectivity index (χ1n) is 6.65. The molecule has 0 atom stereocenters. The van der Waals surface area contributed by atoms with E-state index in [1.807, 2.05) is 16.8 Å². The maximum absolute atomic E-state index is 12.2. The van der Waals surface area contributed by atoms with Crippen molar-refractivity contribution < 1.29 is 14.3 Å². The molecule has 2 heterocycles. The number of hydrogen-bond donors (Lipinski definition) is 1. The van der Waals surface area contributed by atoms with Gasteiger partial charge in [-0.2, -0.15) is 11.3 Å². The molecule has 2 aromatic rings. The van der Waals surface area contributed by atoms with Crippen LogP contribution in [0.3, 0.4) is 0 Å². The van der Waals surface area contributed by atoms with Crippen LogP contribution in [0.15, 0.2) is 22.9 Å². The maximum Gasteiger partial charge on any atom is 0.340 e. The Bertz CT molecular complexity index is 681. The second kappa shape index (κ2) is 6.54. The number of hydrogen-bond acceptors (Lipinski definition) is 4. The second-order valence-corrected chi connectivity index (χ2v) is 5.38. The number of aromatic nitrogens is 1. The van der Waals surface area contributed by atoms with Gasteiger partial charge in [0.2, 0.25) is 5.78 Å². The second-order valence-electron chi connectivity index (χ2n) is 4.60. The zero-order valence-corrected chi connectivity index (χ0v) is 13.0. The number of thiophene rings is 1. The van der Waals surface area contributed by atoms with E-state index in [4.69, 9.17) is 4.74 Å². The Morgan fingerprint density at radius 1 is 1.38 bits per heavy atom. The number of allylic oxidation sites excluding steroid dienone is 1. The first-order chi connectivity index (χ1) is 10.0. The molecule has 0 fully saturated rings. The van der Waals surface area contributed by atoms with Crippen LogP contribution in [0.4, 0.5) is 0 Å². The summed E-state index contributed by atoms with van der Waals surface area (Å²) in [5.41, 5.74) is 3.15. The van der Waals surface area contributed by atoms with E-state index in [0.29, 0.717) is 29.1 Å². The van der Waals surface area contributed by atoms with Crippen molar-refractivity contribution in [1.29, 1.82) is 0 Å². The number of H-pyrrole nitrogens is 1. The lowest BCUT2D eigenvalue weighted by molar-refractivity contribution is 0.0525. The van der Waals surface area contributed by atoms with Crippen molar-refractivity contribution in [3.05, 3.63) is 51.0 Å². The van der Waals surface area contributed by atoms with Crippen LogP contribution in [-0.4, -0.2) is 23.3 Å². The van der Waals surface area contributed by atoms with E-state index >= 15 is 0 Å². The highest BCUT2D eigenvalue weighted by atomic mass is 32.1. The lowest BCUT2D eigenvalue weighted by Gasteiger charge is -2.02. The van der Waals surface area contributed by atoms with Gasteiger partial charge in [0.15, 0.2) is 0 Å². The molecule has 0 aliphatic carbocycles. The van der Waals surface area contributed by atoms with Crippen molar-refractivity contribution in [2.45, 2.75) is 20.8 Å². The molecule has 2 rings (SSSR count). The Labute approximate surface area is 127 Å². The van der Waals surface area contributed by atoms with Crippen molar-refractivity contribution in [3.63, 3.8) is 0 Å². The van der Waals surface area contributed by atoms with E-state index in [1.165, 1.54) is 6.08 Å². The third kappa shape index (κ3) is 3.31. The highest BCUT2D eigenvalue weighted by Gasteiger charge is 2.21. The van der Waals surface area contributed by atoms with Crippen LogP contribution >= 0.6 is 11.3 Å². The topological polar surface area (TPSA) is 59.2 Å². The number of aryl methyl sites for hydroxylation is 1. The van der Waals surface area contributed by atoms with Crippen molar-refractivity contribution in [1.82, 2.24) is 4.98 Å². The summed E-state index contributed by atoms with van der Waals surface area (Å²) in [5, 5.41) is 3.91. The van der Waals surface area contributed by atoms with Crippen molar-refractivity contribution in [2.75, 3.05) is 6.61 Å². The van der Waals surface area contributed by atoms with Crippen molar-refractivity contribution >= 4 is 29.2 Å². The predicted molar refractivity (Wildman–Crippen MR) is 83.9 cm³/mol. The summed E-state index contributed by atoms with van der Waals surface area (Å²) in [4.78, 5) is 27.1. The molecule has 0 aliphatic heterocycles. The Morgan fingerprint density at radius 2 is 2.14 bits per heavy atom. The zero-order valence-electron chi connectivity index (χ0n) is 12.2. The van der Waals surface area contributed by atoms with Crippen molar-refractivity contribution in [2.24, 2.45) is 0 Å². The number of carbonyl (C=O) groups excluding carboxylic acids is 2. The van der Waals surface area contributed by atoms with Crippen molar-refractivity contribution in [3.8, 4) is 0 Å². The van der Waals surface area contributed by atoms with Gasteiger partial charge in [0.25, 0.3) is 0 Å². The summed E-state index contributed by atoms with van der Waals surface area (Å²) < 4.78 is 5.01. The monoisotopic (exact) mass is 303 g/mol. The number of carbonyl (C=O) groups is 2. The fraction of sp³-hybridized carbons (Fsp3) is 0.250. The summed E-state index contributed by atoms with van der Waals surface area (Å²) >= 11 is 1.57. The molecule has 1 N–H and O–H groups in total. The number of ether oxygens (including phenoxy) is 1. The largest absolute Gasteiger partial charge is 0.462 e. The summed E-state index contributed by atoms with van der Waals surface area (Å²) in [6, 6.07) is 1.94. The molecule has 0 radical (unpaired) electrons. The van der Waals surface area contributed by atoms with Gasteiger partial charge in [0, 0.05) is 5.69 Å². The van der Waals surface area contributed by atoms with E-state index < -0.39 is 5.97 Å². The van der Waals surface area contributed by atoms with Gasteiger partial charge < -0.3 is 9.72 Å². The molecule has 110 valence electrons. The van der Waals surface area contributed by atoms with Gasteiger partial charge >= 0.3 is 5.97 Å². The van der Waals surface area contributed by atoms with Crippen LogP contribution in [0.5, 0.6) is 0 Å². The van der Waals surface area contributed by atoms with E-state index in [-0.39, 0.29) is 5.78 Å². The van der Waals surface area contributed by atoms with E-state index in [2.05, 4.69) is 4.98 Å². The van der Waals surface area contributed by atoms with Gasteiger partial charge in [0.1, 0.15) is 0 Å². The van der Waals surface area contributed by atoms with Crippen LogP contribution in [0.2, 0.25) is 0 Å². The van der Waals surface area contributed by atoms with E-state index in [1.54, 1.807) is 38.2 Å². The Kier molecular flexibility index (Phi) is 4.75. The molecule has 0 saturated heterocycles. The molecule has 0 amide bonds. The summed E-state index contributed by atoms with van der Waals surface area (Å²) in [5.74, 6) is -0.554. The molecule has 4 nitrogen and oxygen atoms in total. The van der Waals surface area contributed by atoms with Gasteiger partial charge in [-0.1, -0.05) is 6.08 Å². The molecular formula is C16H17NO3S. The molecular weight excluding hydrogens is 286 g/mol. The highest BCUT2D eigenvalue weighted by Crippen LogP contribution is 2.20. The first kappa shape index (κ1) is 15.3. The van der Waals surface area contributed by atoms with Gasteiger partial charge in [-0.3, -0.25) is 4.79 Å². The van der Waals surface area contributed by atoms with Crippen LogP contribution in [0.1, 0.15) is 44.6 Å². The minimum atomic E-state index is -0.399. The van der Waals surface area contributed by atoms with Gasteiger partial charge in [0.05, 0.1) is 17.9 Å². The number of rotatable bonds is 5. The highest BCUT2D eigenvalue weighted by molar-refractivity contribution is 7.08. The zero-order chi connectivity index (χ0) is 15.4. The van der Waals surface area contributed by atoms with E-state index in [9.17, 15) is 9.59 Å². The van der Waals surface area contributed by atoms with Gasteiger partial charge in [-0.25, -0.2) is 4.79 Å².